The Hall–Kier alpha value is -1.97. The van der Waals surface area contributed by atoms with Crippen molar-refractivity contribution in [2.45, 2.75) is 12.3 Å². The van der Waals surface area contributed by atoms with E-state index < -0.39 is 0 Å². The van der Waals surface area contributed by atoms with Crippen LogP contribution in [0.25, 0.3) is 0 Å². The van der Waals surface area contributed by atoms with Gasteiger partial charge in [0.1, 0.15) is 0 Å². The Kier molecular flexibility index (Phi) is 2.70. The van der Waals surface area contributed by atoms with E-state index in [1.807, 2.05) is 13.2 Å². The van der Waals surface area contributed by atoms with Crippen LogP contribution in [-0.2, 0) is 7.05 Å². The van der Waals surface area contributed by atoms with Gasteiger partial charge in [0.15, 0.2) is 5.82 Å². The molecule has 0 aliphatic carbocycles. The van der Waals surface area contributed by atoms with Gasteiger partial charge < -0.3 is 10.6 Å². The average molecular weight is 242 g/mol. The molecule has 1 aliphatic rings. The zero-order valence-electron chi connectivity index (χ0n) is 10.6. The van der Waals surface area contributed by atoms with Gasteiger partial charge in [-0.05, 0) is 12.0 Å². The number of benzene rings is 1. The Bertz CT molecular complexity index is 532. The summed E-state index contributed by atoms with van der Waals surface area (Å²) in [5.74, 6) is 1.52. The molecule has 1 atom stereocenters. The lowest BCUT2D eigenvalue weighted by Gasteiger charge is -2.16. The number of hydrogen-bond donors (Lipinski definition) is 1. The predicted molar refractivity (Wildman–Crippen MR) is 73.6 cm³/mol. The van der Waals surface area contributed by atoms with E-state index in [0.29, 0.717) is 5.92 Å². The van der Waals surface area contributed by atoms with Gasteiger partial charge in [-0.2, -0.15) is 5.10 Å². The SMILES string of the molecule is Cn1cc(N)c(N2CCC(c3ccccc3)C2)n1. The van der Waals surface area contributed by atoms with Crippen LogP contribution in [-0.4, -0.2) is 22.9 Å². The first-order valence-electron chi connectivity index (χ1n) is 6.33. The van der Waals surface area contributed by atoms with E-state index in [1.54, 1.807) is 4.68 Å². The normalized spacial score (nSPS) is 19.4. The zero-order chi connectivity index (χ0) is 12.5. The van der Waals surface area contributed by atoms with E-state index in [9.17, 15) is 0 Å². The number of anilines is 2. The number of nitrogens with zero attached hydrogens (tertiary/aromatic N) is 3. The fraction of sp³-hybridized carbons (Fsp3) is 0.357. The highest BCUT2D eigenvalue weighted by molar-refractivity contribution is 5.62. The lowest BCUT2D eigenvalue weighted by molar-refractivity contribution is 0.749. The fourth-order valence-corrected chi connectivity index (χ4v) is 2.69. The summed E-state index contributed by atoms with van der Waals surface area (Å²) in [5, 5.41) is 4.44. The van der Waals surface area contributed by atoms with Crippen molar-refractivity contribution < 1.29 is 0 Å². The summed E-state index contributed by atoms with van der Waals surface area (Å²) >= 11 is 0. The molecule has 1 unspecified atom stereocenters. The Morgan fingerprint density at radius 1 is 1.28 bits per heavy atom. The van der Waals surface area contributed by atoms with E-state index in [-0.39, 0.29) is 0 Å². The molecule has 94 valence electrons. The number of hydrogen-bond acceptors (Lipinski definition) is 3. The maximum atomic E-state index is 5.98. The van der Waals surface area contributed by atoms with Crippen LogP contribution in [0.4, 0.5) is 11.5 Å². The third-order valence-electron chi connectivity index (χ3n) is 3.60. The molecule has 1 aromatic heterocycles. The van der Waals surface area contributed by atoms with E-state index in [1.165, 1.54) is 12.0 Å². The zero-order valence-corrected chi connectivity index (χ0v) is 10.6. The van der Waals surface area contributed by atoms with E-state index in [2.05, 4.69) is 40.3 Å². The van der Waals surface area contributed by atoms with Crippen LogP contribution in [0, 0.1) is 0 Å². The second kappa shape index (κ2) is 4.37. The molecule has 18 heavy (non-hydrogen) atoms. The highest BCUT2D eigenvalue weighted by Crippen LogP contribution is 2.32. The quantitative estimate of drug-likeness (QED) is 0.876. The Morgan fingerprint density at radius 3 is 2.72 bits per heavy atom. The molecule has 1 saturated heterocycles. The molecule has 2 heterocycles. The molecular formula is C14H18N4. The van der Waals surface area contributed by atoms with Gasteiger partial charge in [-0.25, -0.2) is 0 Å². The van der Waals surface area contributed by atoms with Crippen molar-refractivity contribution in [2.24, 2.45) is 7.05 Å². The molecule has 2 aromatic rings. The summed E-state index contributed by atoms with van der Waals surface area (Å²) in [5.41, 5.74) is 8.16. The van der Waals surface area contributed by atoms with Crippen molar-refractivity contribution >= 4 is 11.5 Å². The molecule has 4 nitrogen and oxygen atoms in total. The summed E-state index contributed by atoms with van der Waals surface area (Å²) in [7, 11) is 1.91. The van der Waals surface area contributed by atoms with Gasteiger partial charge in [-0.15, -0.1) is 0 Å². The summed E-state index contributed by atoms with van der Waals surface area (Å²) < 4.78 is 1.78. The largest absolute Gasteiger partial charge is 0.394 e. The molecule has 3 rings (SSSR count). The first-order chi connectivity index (χ1) is 8.74. The van der Waals surface area contributed by atoms with Crippen molar-refractivity contribution in [1.82, 2.24) is 9.78 Å². The molecule has 0 amide bonds. The Morgan fingerprint density at radius 2 is 2.06 bits per heavy atom. The highest BCUT2D eigenvalue weighted by Gasteiger charge is 2.26. The van der Waals surface area contributed by atoms with Crippen LogP contribution < -0.4 is 10.6 Å². The summed E-state index contributed by atoms with van der Waals surface area (Å²) in [6.45, 7) is 2.03. The monoisotopic (exact) mass is 242 g/mol. The Labute approximate surface area is 107 Å². The summed E-state index contributed by atoms with van der Waals surface area (Å²) in [6, 6.07) is 10.7. The molecule has 1 fully saturated rings. The van der Waals surface area contributed by atoms with Crippen LogP contribution in [0.15, 0.2) is 36.5 Å². The first kappa shape index (κ1) is 11.1. The van der Waals surface area contributed by atoms with Gasteiger partial charge in [-0.1, -0.05) is 30.3 Å². The minimum Gasteiger partial charge on any atom is -0.394 e. The van der Waals surface area contributed by atoms with Crippen molar-refractivity contribution in [3.63, 3.8) is 0 Å². The highest BCUT2D eigenvalue weighted by atomic mass is 15.4. The maximum absolute atomic E-state index is 5.98. The van der Waals surface area contributed by atoms with Gasteiger partial charge in [-0.3, -0.25) is 4.68 Å². The predicted octanol–water partition coefficient (Wildman–Crippen LogP) is 2.00. The van der Waals surface area contributed by atoms with Crippen molar-refractivity contribution in [3.8, 4) is 0 Å². The third-order valence-corrected chi connectivity index (χ3v) is 3.60. The third kappa shape index (κ3) is 1.94. The van der Waals surface area contributed by atoms with Crippen molar-refractivity contribution in [3.05, 3.63) is 42.1 Å². The number of nitrogens with two attached hydrogens (primary N) is 1. The summed E-state index contributed by atoms with van der Waals surface area (Å²) in [4.78, 5) is 2.28. The van der Waals surface area contributed by atoms with E-state index in [0.717, 1.165) is 24.6 Å². The second-order valence-electron chi connectivity index (χ2n) is 4.92. The standard InChI is InChI=1S/C14H18N4/c1-17-10-13(15)14(16-17)18-8-7-12(9-18)11-5-3-2-4-6-11/h2-6,10,12H,7-9,15H2,1H3. The molecule has 0 spiro atoms. The van der Waals surface area contributed by atoms with Crippen LogP contribution >= 0.6 is 0 Å². The first-order valence-corrected chi connectivity index (χ1v) is 6.33. The van der Waals surface area contributed by atoms with Gasteiger partial charge in [0.05, 0.1) is 5.69 Å². The van der Waals surface area contributed by atoms with Crippen LogP contribution in [0.5, 0.6) is 0 Å². The molecule has 4 heteroatoms. The van der Waals surface area contributed by atoms with E-state index in [4.69, 9.17) is 5.73 Å². The molecule has 1 aromatic carbocycles. The topological polar surface area (TPSA) is 47.1 Å². The van der Waals surface area contributed by atoms with Gasteiger partial charge in [0.2, 0.25) is 0 Å². The molecule has 2 N–H and O–H groups in total. The van der Waals surface area contributed by atoms with Gasteiger partial charge >= 0.3 is 0 Å². The minimum atomic E-state index is 0.590. The van der Waals surface area contributed by atoms with Crippen LogP contribution in [0.1, 0.15) is 17.9 Å². The second-order valence-corrected chi connectivity index (χ2v) is 4.92. The van der Waals surface area contributed by atoms with Crippen molar-refractivity contribution in [1.29, 1.82) is 0 Å². The summed E-state index contributed by atoms with van der Waals surface area (Å²) in [6.07, 6.45) is 3.03. The number of rotatable bonds is 2. The number of aromatic nitrogens is 2. The number of nitrogen functional groups attached to an aromatic ring is 1. The lowest BCUT2D eigenvalue weighted by atomic mass is 9.99. The molecule has 1 aliphatic heterocycles. The smallest absolute Gasteiger partial charge is 0.173 e. The minimum absolute atomic E-state index is 0.590. The van der Waals surface area contributed by atoms with E-state index >= 15 is 0 Å². The van der Waals surface area contributed by atoms with Gasteiger partial charge in [0.25, 0.3) is 0 Å². The van der Waals surface area contributed by atoms with Crippen LogP contribution in [0.3, 0.4) is 0 Å². The Balaban J connectivity index is 1.78. The fourth-order valence-electron chi connectivity index (χ4n) is 2.69. The molecular weight excluding hydrogens is 224 g/mol. The number of aryl methyl sites for hydroxylation is 1. The maximum Gasteiger partial charge on any atom is 0.173 e. The van der Waals surface area contributed by atoms with Crippen molar-refractivity contribution in [2.75, 3.05) is 23.7 Å². The average Bonchev–Trinajstić information content (AvgIpc) is 2.97. The molecule has 0 bridgehead atoms. The van der Waals surface area contributed by atoms with Crippen LogP contribution in [0.2, 0.25) is 0 Å². The molecule has 0 radical (unpaired) electrons. The van der Waals surface area contributed by atoms with Gasteiger partial charge in [0, 0.05) is 32.3 Å². The lowest BCUT2D eigenvalue weighted by Crippen LogP contribution is -2.20. The molecule has 0 saturated carbocycles.